The van der Waals surface area contributed by atoms with Crippen LogP contribution in [0.3, 0.4) is 0 Å². The van der Waals surface area contributed by atoms with Gasteiger partial charge in [0.25, 0.3) is 0 Å². The molecule has 0 radical (unpaired) electrons. The van der Waals surface area contributed by atoms with Gasteiger partial charge in [-0.3, -0.25) is 4.98 Å². The van der Waals surface area contributed by atoms with Gasteiger partial charge in [-0.15, -0.1) is 12.4 Å². The Morgan fingerprint density at radius 1 is 1.22 bits per heavy atom. The molecule has 0 spiro atoms. The average Bonchev–Trinajstić information content (AvgIpc) is 2.55. The average molecular weight is 356 g/mol. The van der Waals surface area contributed by atoms with Crippen LogP contribution in [-0.2, 0) is 15.8 Å². The molecule has 0 bridgehead atoms. The smallest absolute Gasteiger partial charge is 0.218 e. The van der Waals surface area contributed by atoms with E-state index in [9.17, 15) is 8.42 Å². The lowest BCUT2D eigenvalue weighted by molar-refractivity contribution is 0.296. The number of sulfonamides is 1. The van der Waals surface area contributed by atoms with E-state index < -0.39 is 10.0 Å². The maximum atomic E-state index is 12.7. The highest BCUT2D eigenvalue weighted by Crippen LogP contribution is 2.22. The van der Waals surface area contributed by atoms with Crippen LogP contribution in [0, 0.1) is 0 Å². The lowest BCUT2D eigenvalue weighted by Gasteiger charge is -2.30. The molecule has 1 aromatic carbocycles. The first kappa shape index (κ1) is 18.1. The summed E-state index contributed by atoms with van der Waals surface area (Å²) in [5.74, 6) is 0.00177. The number of pyridine rings is 1. The number of hydrogen-bond donors (Lipinski definition) is 1. The predicted molar refractivity (Wildman–Crippen MR) is 95.3 cm³/mol. The molecular formula is C16H22ClN3O2S. The number of fused-ring (bicyclic) bond motifs is 1. The van der Waals surface area contributed by atoms with Gasteiger partial charge in [-0.05, 0) is 37.6 Å². The van der Waals surface area contributed by atoms with Crippen molar-refractivity contribution in [1.29, 1.82) is 0 Å². The molecule has 23 heavy (non-hydrogen) atoms. The highest BCUT2D eigenvalue weighted by Gasteiger charge is 2.28. The highest BCUT2D eigenvalue weighted by atomic mass is 35.5. The molecule has 0 amide bonds. The lowest BCUT2D eigenvalue weighted by Crippen LogP contribution is -2.44. The number of rotatable bonds is 4. The third-order valence-corrected chi connectivity index (χ3v) is 6.17. The standard InChI is InChI=1S/C16H21N3O2S.ClH/c1-19(15-7-10-17-11-8-15)22(20,21)12-14-5-2-4-13-6-3-9-18-16(13)14;/h2-6,9,15,17H,7-8,10-12H2,1H3;1H. The van der Waals surface area contributed by atoms with Gasteiger partial charge >= 0.3 is 0 Å². The van der Waals surface area contributed by atoms with Gasteiger partial charge in [-0.25, -0.2) is 12.7 Å². The summed E-state index contributed by atoms with van der Waals surface area (Å²) in [5, 5.41) is 4.24. The number of piperidine rings is 1. The summed E-state index contributed by atoms with van der Waals surface area (Å²) in [6.45, 7) is 1.75. The number of nitrogens with one attached hydrogen (secondary N) is 1. The van der Waals surface area contributed by atoms with Crippen molar-refractivity contribution in [2.75, 3.05) is 20.1 Å². The molecule has 1 aliphatic rings. The zero-order chi connectivity index (χ0) is 15.6. The normalized spacial score (nSPS) is 16.4. The Balaban J connectivity index is 0.00000192. The summed E-state index contributed by atoms with van der Waals surface area (Å²) in [4.78, 5) is 4.34. The number of para-hydroxylation sites is 1. The van der Waals surface area contributed by atoms with E-state index in [-0.39, 0.29) is 24.2 Å². The van der Waals surface area contributed by atoms with Crippen LogP contribution in [0.2, 0.25) is 0 Å². The monoisotopic (exact) mass is 355 g/mol. The van der Waals surface area contributed by atoms with Gasteiger partial charge in [0.1, 0.15) is 0 Å². The summed E-state index contributed by atoms with van der Waals surface area (Å²) < 4.78 is 27.0. The number of nitrogens with zero attached hydrogens (tertiary/aromatic N) is 2. The molecule has 0 saturated carbocycles. The first-order chi connectivity index (χ1) is 10.6. The summed E-state index contributed by atoms with van der Waals surface area (Å²) in [6, 6.07) is 9.60. The van der Waals surface area contributed by atoms with E-state index >= 15 is 0 Å². The maximum absolute atomic E-state index is 12.7. The van der Waals surface area contributed by atoms with Crippen molar-refractivity contribution >= 4 is 33.3 Å². The second kappa shape index (κ2) is 7.57. The SMILES string of the molecule is CN(C1CCNCC1)S(=O)(=O)Cc1cccc2cccnc12.Cl. The summed E-state index contributed by atoms with van der Waals surface area (Å²) in [6.07, 6.45) is 3.43. The second-order valence-corrected chi connectivity index (χ2v) is 7.77. The van der Waals surface area contributed by atoms with Crippen LogP contribution < -0.4 is 5.32 Å². The van der Waals surface area contributed by atoms with E-state index in [4.69, 9.17) is 0 Å². The fraction of sp³-hybridized carbons (Fsp3) is 0.438. The topological polar surface area (TPSA) is 62.3 Å². The van der Waals surface area contributed by atoms with Crippen molar-refractivity contribution in [3.63, 3.8) is 0 Å². The van der Waals surface area contributed by atoms with Crippen LogP contribution >= 0.6 is 12.4 Å². The third kappa shape index (κ3) is 4.01. The van der Waals surface area contributed by atoms with Crippen molar-refractivity contribution in [2.45, 2.75) is 24.6 Å². The van der Waals surface area contributed by atoms with Gasteiger partial charge < -0.3 is 5.32 Å². The Labute approximate surface area is 143 Å². The minimum absolute atomic E-state index is 0. The molecule has 2 aromatic rings. The zero-order valence-corrected chi connectivity index (χ0v) is 14.7. The molecule has 1 aromatic heterocycles. The molecule has 2 heterocycles. The summed E-state index contributed by atoms with van der Waals surface area (Å²) in [5.41, 5.74) is 1.53. The van der Waals surface area contributed by atoms with Crippen LogP contribution in [0.15, 0.2) is 36.5 Å². The highest BCUT2D eigenvalue weighted by molar-refractivity contribution is 7.88. The second-order valence-electron chi connectivity index (χ2n) is 5.75. The summed E-state index contributed by atoms with van der Waals surface area (Å²) >= 11 is 0. The molecule has 0 aliphatic carbocycles. The van der Waals surface area contributed by atoms with Crippen molar-refractivity contribution in [3.05, 3.63) is 42.1 Å². The first-order valence-corrected chi connectivity index (χ1v) is 9.18. The molecule has 1 saturated heterocycles. The van der Waals surface area contributed by atoms with Gasteiger partial charge in [0, 0.05) is 24.7 Å². The van der Waals surface area contributed by atoms with Gasteiger partial charge in [0.15, 0.2) is 0 Å². The Morgan fingerprint density at radius 3 is 2.65 bits per heavy atom. The van der Waals surface area contributed by atoms with Gasteiger partial charge in [0.05, 0.1) is 11.3 Å². The molecule has 1 fully saturated rings. The van der Waals surface area contributed by atoms with E-state index in [1.54, 1.807) is 17.5 Å². The van der Waals surface area contributed by atoms with Crippen LogP contribution in [0.1, 0.15) is 18.4 Å². The quantitative estimate of drug-likeness (QED) is 0.913. The molecule has 5 nitrogen and oxygen atoms in total. The molecule has 126 valence electrons. The van der Waals surface area contributed by atoms with Crippen LogP contribution in [-0.4, -0.2) is 43.9 Å². The number of halogens is 1. The molecule has 3 rings (SSSR count). The van der Waals surface area contributed by atoms with Crippen molar-refractivity contribution in [3.8, 4) is 0 Å². The van der Waals surface area contributed by atoms with Crippen molar-refractivity contribution in [2.24, 2.45) is 0 Å². The largest absolute Gasteiger partial charge is 0.317 e. The Morgan fingerprint density at radius 2 is 1.91 bits per heavy atom. The maximum Gasteiger partial charge on any atom is 0.218 e. The van der Waals surface area contributed by atoms with Crippen LogP contribution in [0.5, 0.6) is 0 Å². The minimum atomic E-state index is -3.34. The molecular weight excluding hydrogens is 334 g/mol. The van der Waals surface area contributed by atoms with Gasteiger partial charge in [-0.1, -0.05) is 24.3 Å². The van der Waals surface area contributed by atoms with E-state index in [0.717, 1.165) is 42.4 Å². The predicted octanol–water partition coefficient (Wildman–Crippen LogP) is 2.17. The number of hydrogen-bond acceptors (Lipinski definition) is 4. The Bertz CT molecular complexity index is 756. The van der Waals surface area contributed by atoms with Gasteiger partial charge in [-0.2, -0.15) is 0 Å². The van der Waals surface area contributed by atoms with Crippen LogP contribution in [0.4, 0.5) is 0 Å². The molecule has 1 aliphatic heterocycles. The first-order valence-electron chi connectivity index (χ1n) is 7.57. The molecule has 0 unspecified atom stereocenters. The summed E-state index contributed by atoms with van der Waals surface area (Å²) in [7, 11) is -1.64. The van der Waals surface area contributed by atoms with E-state index in [1.165, 1.54) is 0 Å². The molecule has 7 heteroatoms. The van der Waals surface area contributed by atoms with E-state index in [1.807, 2.05) is 30.3 Å². The molecule has 1 N–H and O–H groups in total. The molecule has 0 atom stereocenters. The Kier molecular flexibility index (Phi) is 5.97. The fourth-order valence-corrected chi connectivity index (χ4v) is 4.47. The minimum Gasteiger partial charge on any atom is -0.317 e. The third-order valence-electron chi connectivity index (χ3n) is 4.32. The lowest BCUT2D eigenvalue weighted by atomic mass is 10.1. The van der Waals surface area contributed by atoms with Crippen LogP contribution in [0.25, 0.3) is 10.9 Å². The van der Waals surface area contributed by atoms with E-state index in [2.05, 4.69) is 10.3 Å². The zero-order valence-electron chi connectivity index (χ0n) is 13.1. The Hall–Kier alpha value is -1.21. The number of aromatic nitrogens is 1. The van der Waals surface area contributed by atoms with Crippen molar-refractivity contribution < 1.29 is 8.42 Å². The fourth-order valence-electron chi connectivity index (χ4n) is 2.98. The number of benzene rings is 1. The van der Waals surface area contributed by atoms with Gasteiger partial charge in [0.2, 0.25) is 10.0 Å². The van der Waals surface area contributed by atoms with E-state index in [0.29, 0.717) is 0 Å². The van der Waals surface area contributed by atoms with Crippen molar-refractivity contribution in [1.82, 2.24) is 14.6 Å².